The fourth-order valence-corrected chi connectivity index (χ4v) is 3.02. The average molecular weight is 356 g/mol. The van der Waals surface area contributed by atoms with Gasteiger partial charge in [0.1, 0.15) is 24.7 Å². The third-order valence-corrected chi connectivity index (χ3v) is 4.22. The van der Waals surface area contributed by atoms with E-state index in [1.807, 2.05) is 36.4 Å². The van der Waals surface area contributed by atoms with Gasteiger partial charge in [0.2, 0.25) is 5.91 Å². The first-order valence-electron chi connectivity index (χ1n) is 8.57. The Kier molecular flexibility index (Phi) is 6.09. The van der Waals surface area contributed by atoms with E-state index in [-0.39, 0.29) is 12.5 Å². The van der Waals surface area contributed by atoms with Crippen LogP contribution in [0.2, 0.25) is 0 Å². The van der Waals surface area contributed by atoms with Crippen molar-refractivity contribution in [3.63, 3.8) is 0 Å². The fraction of sp³-hybridized carbons (Fsp3) is 0.350. The molecule has 0 spiro atoms. The van der Waals surface area contributed by atoms with Gasteiger partial charge in [-0.1, -0.05) is 12.1 Å². The number of fused-ring (bicyclic) bond motifs is 1. The monoisotopic (exact) mass is 356 g/mol. The number of nitrogens with zero attached hydrogens (tertiary/aromatic N) is 1. The molecule has 1 amide bonds. The summed E-state index contributed by atoms with van der Waals surface area (Å²) in [4.78, 5) is 14.0. The van der Waals surface area contributed by atoms with Gasteiger partial charge in [-0.15, -0.1) is 0 Å². The maximum atomic E-state index is 11.7. The number of rotatable bonds is 6. The van der Waals surface area contributed by atoms with Gasteiger partial charge >= 0.3 is 0 Å². The molecule has 138 valence electrons. The van der Waals surface area contributed by atoms with Crippen LogP contribution in [0.3, 0.4) is 0 Å². The smallest absolute Gasteiger partial charge is 0.250 e. The number of hydrogen-bond acceptors (Lipinski definition) is 5. The van der Waals surface area contributed by atoms with Gasteiger partial charge in [-0.3, -0.25) is 9.69 Å². The molecule has 6 nitrogen and oxygen atoms in total. The Hall–Kier alpha value is -2.57. The van der Waals surface area contributed by atoms with E-state index in [2.05, 4.69) is 16.3 Å². The number of hydrogen-bond donors (Lipinski definition) is 1. The Labute approximate surface area is 153 Å². The lowest BCUT2D eigenvalue weighted by molar-refractivity contribution is -0.119. The van der Waals surface area contributed by atoms with Crippen LogP contribution >= 0.6 is 0 Å². The quantitative estimate of drug-likeness (QED) is 0.862. The predicted octanol–water partition coefficient (Wildman–Crippen LogP) is 2.67. The molecular weight excluding hydrogens is 332 g/mol. The summed E-state index contributed by atoms with van der Waals surface area (Å²) >= 11 is 0. The summed E-state index contributed by atoms with van der Waals surface area (Å²) in [5, 5.41) is 2.84. The molecule has 1 heterocycles. The molecule has 2 aromatic carbocycles. The number of methoxy groups -OCH3 is 2. The van der Waals surface area contributed by atoms with E-state index in [1.165, 1.54) is 12.7 Å². The van der Waals surface area contributed by atoms with Crippen LogP contribution in [0.5, 0.6) is 11.5 Å². The fourth-order valence-electron chi connectivity index (χ4n) is 3.02. The Morgan fingerprint density at radius 3 is 2.92 bits per heavy atom. The lowest BCUT2D eigenvalue weighted by atomic mass is 10.1. The molecule has 0 aliphatic carbocycles. The van der Waals surface area contributed by atoms with Crippen molar-refractivity contribution in [3.8, 4) is 11.5 Å². The molecule has 0 aromatic heterocycles. The molecule has 0 bridgehead atoms. The van der Waals surface area contributed by atoms with E-state index < -0.39 is 0 Å². The highest BCUT2D eigenvalue weighted by molar-refractivity contribution is 5.91. The van der Waals surface area contributed by atoms with Crippen LogP contribution in [-0.4, -0.2) is 44.8 Å². The zero-order chi connectivity index (χ0) is 18.4. The summed E-state index contributed by atoms with van der Waals surface area (Å²) in [5.41, 5.74) is 3.00. The summed E-state index contributed by atoms with van der Waals surface area (Å²) in [6.07, 6.45) is 0. The van der Waals surface area contributed by atoms with Crippen molar-refractivity contribution < 1.29 is 19.0 Å². The highest BCUT2D eigenvalue weighted by Gasteiger charge is 2.17. The van der Waals surface area contributed by atoms with E-state index in [1.54, 1.807) is 7.11 Å². The molecule has 6 heteroatoms. The highest BCUT2D eigenvalue weighted by Crippen LogP contribution is 2.27. The second kappa shape index (κ2) is 8.69. The van der Waals surface area contributed by atoms with Crippen molar-refractivity contribution in [1.82, 2.24) is 4.90 Å². The van der Waals surface area contributed by atoms with Crippen molar-refractivity contribution in [2.24, 2.45) is 0 Å². The molecule has 0 unspecified atom stereocenters. The van der Waals surface area contributed by atoms with Crippen LogP contribution in [0.15, 0.2) is 42.5 Å². The number of amides is 1. The number of carbonyl (C=O) groups is 1. The Morgan fingerprint density at radius 2 is 2.12 bits per heavy atom. The second-order valence-electron chi connectivity index (χ2n) is 6.21. The van der Waals surface area contributed by atoms with E-state index in [4.69, 9.17) is 14.2 Å². The predicted molar refractivity (Wildman–Crippen MR) is 99.6 cm³/mol. The summed E-state index contributed by atoms with van der Waals surface area (Å²) < 4.78 is 16.0. The van der Waals surface area contributed by atoms with Crippen molar-refractivity contribution >= 4 is 11.6 Å². The molecule has 1 aliphatic heterocycles. The maximum Gasteiger partial charge on any atom is 0.250 e. The van der Waals surface area contributed by atoms with Crippen molar-refractivity contribution in [1.29, 1.82) is 0 Å². The lowest BCUT2D eigenvalue weighted by Gasteiger charge is -2.20. The van der Waals surface area contributed by atoms with Gasteiger partial charge in [0.15, 0.2) is 0 Å². The summed E-state index contributed by atoms with van der Waals surface area (Å²) in [6.45, 7) is 3.06. The van der Waals surface area contributed by atoms with E-state index in [9.17, 15) is 4.79 Å². The molecular formula is C20H24N2O4. The molecule has 1 N–H and O–H groups in total. The minimum absolute atomic E-state index is 0.0373. The summed E-state index contributed by atoms with van der Waals surface area (Å²) in [7, 11) is 3.18. The Bertz CT molecular complexity index is 763. The van der Waals surface area contributed by atoms with Gasteiger partial charge in [0.25, 0.3) is 0 Å². The molecule has 0 fully saturated rings. The molecule has 3 rings (SSSR count). The minimum atomic E-state index is -0.171. The lowest BCUT2D eigenvalue weighted by Crippen LogP contribution is -2.25. The number of ether oxygens (including phenoxy) is 3. The molecule has 1 aliphatic rings. The molecule has 26 heavy (non-hydrogen) atoms. The van der Waals surface area contributed by atoms with Gasteiger partial charge < -0.3 is 19.5 Å². The van der Waals surface area contributed by atoms with Gasteiger partial charge in [0, 0.05) is 38.0 Å². The van der Waals surface area contributed by atoms with E-state index in [0.717, 1.165) is 42.4 Å². The first-order valence-corrected chi connectivity index (χ1v) is 8.57. The molecule has 0 radical (unpaired) electrons. The van der Waals surface area contributed by atoms with Gasteiger partial charge in [-0.25, -0.2) is 0 Å². The highest BCUT2D eigenvalue weighted by atomic mass is 16.5. The van der Waals surface area contributed by atoms with Crippen molar-refractivity contribution in [3.05, 3.63) is 53.6 Å². The summed E-state index contributed by atoms with van der Waals surface area (Å²) in [5.74, 6) is 1.55. The molecule has 0 saturated carbocycles. The minimum Gasteiger partial charge on any atom is -0.497 e. The third-order valence-electron chi connectivity index (χ3n) is 4.22. The molecule has 2 aromatic rings. The van der Waals surface area contributed by atoms with Crippen molar-refractivity contribution in [2.45, 2.75) is 13.1 Å². The number of carbonyl (C=O) groups excluding carboxylic acids is 1. The third kappa shape index (κ3) is 4.74. The Balaban J connectivity index is 1.72. The average Bonchev–Trinajstić information content (AvgIpc) is 2.83. The largest absolute Gasteiger partial charge is 0.497 e. The number of benzene rings is 2. The SMILES string of the molecule is COCC(=O)Nc1ccc2c(c1)CN(Cc1cccc(OC)c1)CCO2. The number of nitrogens with one attached hydrogen (secondary N) is 1. The first kappa shape index (κ1) is 18.2. The zero-order valence-corrected chi connectivity index (χ0v) is 15.2. The molecule has 0 atom stereocenters. The topological polar surface area (TPSA) is 60.0 Å². The van der Waals surface area contributed by atoms with Gasteiger partial charge in [-0.2, -0.15) is 0 Å². The van der Waals surface area contributed by atoms with Gasteiger partial charge in [0.05, 0.1) is 7.11 Å². The van der Waals surface area contributed by atoms with Crippen LogP contribution in [0.25, 0.3) is 0 Å². The Morgan fingerprint density at radius 1 is 1.23 bits per heavy atom. The first-order chi connectivity index (χ1) is 12.7. The van der Waals surface area contributed by atoms with Crippen LogP contribution in [0.1, 0.15) is 11.1 Å². The normalized spacial score (nSPS) is 14.1. The number of anilines is 1. The van der Waals surface area contributed by atoms with Crippen LogP contribution in [0.4, 0.5) is 5.69 Å². The van der Waals surface area contributed by atoms with Gasteiger partial charge in [-0.05, 0) is 35.9 Å². The van der Waals surface area contributed by atoms with E-state index in [0.29, 0.717) is 6.61 Å². The van der Waals surface area contributed by atoms with Crippen molar-refractivity contribution in [2.75, 3.05) is 39.3 Å². The van der Waals surface area contributed by atoms with Crippen LogP contribution < -0.4 is 14.8 Å². The molecule has 0 saturated heterocycles. The summed E-state index contributed by atoms with van der Waals surface area (Å²) in [6, 6.07) is 13.8. The maximum absolute atomic E-state index is 11.7. The van der Waals surface area contributed by atoms with Crippen LogP contribution in [0, 0.1) is 0 Å². The standard InChI is InChI=1S/C20H24N2O4/c1-24-14-20(23)21-17-6-7-19-16(11-17)13-22(8-9-26-19)12-15-4-3-5-18(10-15)25-2/h3-7,10-11H,8-9,12-14H2,1-2H3,(H,21,23). The van der Waals surface area contributed by atoms with E-state index >= 15 is 0 Å². The zero-order valence-electron chi connectivity index (χ0n) is 15.2. The second-order valence-corrected chi connectivity index (χ2v) is 6.21. The van der Waals surface area contributed by atoms with Crippen LogP contribution in [-0.2, 0) is 22.6 Å².